The van der Waals surface area contributed by atoms with Crippen LogP contribution in [0, 0.1) is 5.82 Å². The van der Waals surface area contributed by atoms with Crippen LogP contribution in [0.4, 0.5) is 4.39 Å². The number of fused-ring (bicyclic) bond motifs is 1. The van der Waals surface area contributed by atoms with E-state index in [-0.39, 0.29) is 17.8 Å². The number of benzene rings is 2. The zero-order valence-electron chi connectivity index (χ0n) is 14.1. The molecule has 26 heavy (non-hydrogen) atoms. The summed E-state index contributed by atoms with van der Waals surface area (Å²) in [6, 6.07) is 13.1. The Labute approximate surface area is 151 Å². The van der Waals surface area contributed by atoms with Gasteiger partial charge in [0.05, 0.1) is 18.1 Å². The van der Waals surface area contributed by atoms with Gasteiger partial charge in [-0.3, -0.25) is 4.79 Å². The molecule has 0 aliphatic heterocycles. The normalized spacial score (nSPS) is 16.0. The van der Waals surface area contributed by atoms with Crippen LogP contribution in [0.2, 0.25) is 0 Å². The molecule has 1 aromatic heterocycles. The van der Waals surface area contributed by atoms with Crippen LogP contribution in [0.1, 0.15) is 29.2 Å². The molecule has 1 atom stereocenters. The first-order valence-electron chi connectivity index (χ1n) is 8.55. The Morgan fingerprint density at radius 3 is 2.96 bits per heavy atom. The van der Waals surface area contributed by atoms with Crippen molar-refractivity contribution in [3.8, 4) is 5.69 Å². The van der Waals surface area contributed by atoms with E-state index < -0.39 is 0 Å². The molecule has 0 bridgehead atoms. The fourth-order valence-corrected chi connectivity index (χ4v) is 3.34. The molecule has 1 aliphatic rings. The van der Waals surface area contributed by atoms with E-state index in [4.69, 9.17) is 0 Å². The highest BCUT2D eigenvalue weighted by Crippen LogP contribution is 2.30. The molecule has 5 heteroatoms. The number of halogens is 1. The van der Waals surface area contributed by atoms with Gasteiger partial charge in [-0.1, -0.05) is 30.3 Å². The molecular weight excluding hydrogens is 329 g/mol. The van der Waals surface area contributed by atoms with Gasteiger partial charge in [-0.2, -0.15) is 0 Å². The molecule has 2 aromatic carbocycles. The van der Waals surface area contributed by atoms with Gasteiger partial charge in [-0.15, -0.1) is 0 Å². The fourth-order valence-electron chi connectivity index (χ4n) is 3.34. The Hall–Kier alpha value is -3.21. The highest BCUT2D eigenvalue weighted by Gasteiger charge is 2.22. The topological polar surface area (TPSA) is 46.9 Å². The van der Waals surface area contributed by atoms with Crippen LogP contribution in [0.15, 0.2) is 67.3 Å². The maximum Gasteiger partial charge on any atom is 0.244 e. The van der Waals surface area contributed by atoms with Gasteiger partial charge in [0.1, 0.15) is 5.82 Å². The van der Waals surface area contributed by atoms with Crippen LogP contribution < -0.4 is 5.32 Å². The van der Waals surface area contributed by atoms with Crippen LogP contribution in [-0.2, 0) is 11.2 Å². The molecule has 130 valence electrons. The molecule has 0 spiro atoms. The minimum absolute atomic E-state index is 0.0451. The quantitative estimate of drug-likeness (QED) is 0.729. The first-order valence-corrected chi connectivity index (χ1v) is 8.55. The van der Waals surface area contributed by atoms with Crippen molar-refractivity contribution in [3.63, 3.8) is 0 Å². The maximum atomic E-state index is 14.2. The van der Waals surface area contributed by atoms with E-state index in [0.717, 1.165) is 12.8 Å². The number of rotatable bonds is 4. The fraction of sp³-hybridized carbons (Fsp3) is 0.143. The second kappa shape index (κ2) is 6.96. The van der Waals surface area contributed by atoms with Crippen molar-refractivity contribution in [2.24, 2.45) is 0 Å². The number of carbonyl (C=O) groups is 1. The summed E-state index contributed by atoms with van der Waals surface area (Å²) in [7, 11) is 0. The average molecular weight is 347 g/mol. The molecule has 0 radical (unpaired) electrons. The van der Waals surface area contributed by atoms with Crippen LogP contribution >= 0.6 is 0 Å². The minimum Gasteiger partial charge on any atom is -0.346 e. The molecule has 1 N–H and O–H groups in total. The van der Waals surface area contributed by atoms with Gasteiger partial charge in [-0.25, -0.2) is 9.37 Å². The van der Waals surface area contributed by atoms with Gasteiger partial charge in [0, 0.05) is 18.5 Å². The number of carbonyl (C=O) groups excluding carboxylic acids is 1. The predicted octanol–water partition coefficient (Wildman–Crippen LogP) is 3.83. The van der Waals surface area contributed by atoms with Crippen LogP contribution in [0.3, 0.4) is 0 Å². The summed E-state index contributed by atoms with van der Waals surface area (Å²) in [6.45, 7) is 0. The summed E-state index contributed by atoms with van der Waals surface area (Å²) in [5.74, 6) is -0.541. The molecule has 4 rings (SSSR count). The molecule has 0 saturated heterocycles. The lowest BCUT2D eigenvalue weighted by Crippen LogP contribution is -2.25. The standard InChI is InChI=1S/C21H18FN3O/c22-18-13-15(5-9-20(18)25-12-11-23-14-25)6-10-21(26)24-19-8-7-16-3-1-2-4-17(16)19/h1-6,9-14,19H,7-8H2,(H,24,26). The zero-order valence-corrected chi connectivity index (χ0v) is 14.1. The summed E-state index contributed by atoms with van der Waals surface area (Å²) < 4.78 is 15.9. The second-order valence-electron chi connectivity index (χ2n) is 6.31. The Balaban J connectivity index is 1.43. The predicted molar refractivity (Wildman–Crippen MR) is 98.2 cm³/mol. The lowest BCUT2D eigenvalue weighted by molar-refractivity contribution is -0.117. The minimum atomic E-state index is -0.365. The number of hydrogen-bond donors (Lipinski definition) is 1. The largest absolute Gasteiger partial charge is 0.346 e. The summed E-state index contributed by atoms with van der Waals surface area (Å²) in [6.07, 6.45) is 9.78. The third-order valence-electron chi connectivity index (χ3n) is 4.63. The van der Waals surface area contributed by atoms with Gasteiger partial charge in [0.25, 0.3) is 0 Å². The summed E-state index contributed by atoms with van der Waals surface area (Å²) >= 11 is 0. The molecule has 1 unspecified atom stereocenters. The third-order valence-corrected chi connectivity index (χ3v) is 4.63. The van der Waals surface area contributed by atoms with E-state index in [1.165, 1.54) is 23.3 Å². The number of imidazole rings is 1. The number of aryl methyl sites for hydroxylation is 1. The van der Waals surface area contributed by atoms with Crippen molar-refractivity contribution in [1.29, 1.82) is 0 Å². The molecule has 1 heterocycles. The van der Waals surface area contributed by atoms with Crippen molar-refractivity contribution in [2.75, 3.05) is 0 Å². The average Bonchev–Trinajstić information content (AvgIpc) is 3.31. The van der Waals surface area contributed by atoms with E-state index in [0.29, 0.717) is 11.3 Å². The van der Waals surface area contributed by atoms with Crippen molar-refractivity contribution in [1.82, 2.24) is 14.9 Å². The number of nitrogens with zero attached hydrogens (tertiary/aromatic N) is 2. The van der Waals surface area contributed by atoms with Gasteiger partial charge >= 0.3 is 0 Å². The smallest absolute Gasteiger partial charge is 0.244 e. The molecule has 3 aromatic rings. The Kier molecular flexibility index (Phi) is 4.35. The summed E-state index contributed by atoms with van der Waals surface area (Å²) in [5, 5.41) is 3.02. The maximum absolute atomic E-state index is 14.2. The van der Waals surface area contributed by atoms with E-state index in [2.05, 4.69) is 22.4 Å². The van der Waals surface area contributed by atoms with Crippen molar-refractivity contribution >= 4 is 12.0 Å². The van der Waals surface area contributed by atoms with E-state index >= 15 is 0 Å². The third kappa shape index (κ3) is 3.28. The van der Waals surface area contributed by atoms with Gasteiger partial charge in [-0.05, 0) is 47.7 Å². The van der Waals surface area contributed by atoms with Crippen LogP contribution in [-0.4, -0.2) is 15.5 Å². The second-order valence-corrected chi connectivity index (χ2v) is 6.31. The molecule has 0 saturated carbocycles. The number of aromatic nitrogens is 2. The van der Waals surface area contributed by atoms with E-state index in [1.54, 1.807) is 41.5 Å². The van der Waals surface area contributed by atoms with E-state index in [1.807, 2.05) is 12.1 Å². The summed E-state index contributed by atoms with van der Waals surface area (Å²) in [5.41, 5.74) is 3.53. The van der Waals surface area contributed by atoms with Crippen molar-refractivity contribution in [3.05, 3.63) is 89.8 Å². The number of hydrogen-bond acceptors (Lipinski definition) is 2. The first kappa shape index (κ1) is 16.3. The van der Waals surface area contributed by atoms with Crippen molar-refractivity contribution in [2.45, 2.75) is 18.9 Å². The Morgan fingerprint density at radius 2 is 2.15 bits per heavy atom. The van der Waals surface area contributed by atoms with Gasteiger partial charge < -0.3 is 9.88 Å². The Bertz CT molecular complexity index is 963. The lowest BCUT2D eigenvalue weighted by atomic mass is 10.1. The number of nitrogens with one attached hydrogen (secondary N) is 1. The SMILES string of the molecule is O=C(C=Cc1ccc(-n2ccnc2)c(F)c1)NC1CCc2ccccc21. The highest BCUT2D eigenvalue weighted by atomic mass is 19.1. The molecule has 0 fully saturated rings. The van der Waals surface area contributed by atoms with Crippen LogP contribution in [0.25, 0.3) is 11.8 Å². The summed E-state index contributed by atoms with van der Waals surface area (Å²) in [4.78, 5) is 16.1. The lowest BCUT2D eigenvalue weighted by Gasteiger charge is -2.12. The highest BCUT2D eigenvalue weighted by molar-refractivity contribution is 5.92. The molecular formula is C21H18FN3O. The van der Waals surface area contributed by atoms with Crippen molar-refractivity contribution < 1.29 is 9.18 Å². The molecule has 1 amide bonds. The van der Waals surface area contributed by atoms with Crippen LogP contribution in [0.5, 0.6) is 0 Å². The van der Waals surface area contributed by atoms with Gasteiger partial charge in [0.2, 0.25) is 5.91 Å². The van der Waals surface area contributed by atoms with Gasteiger partial charge in [0.15, 0.2) is 0 Å². The monoisotopic (exact) mass is 347 g/mol. The first-order chi connectivity index (χ1) is 12.7. The molecule has 4 nitrogen and oxygen atoms in total. The number of amides is 1. The zero-order chi connectivity index (χ0) is 17.9. The molecule has 1 aliphatic carbocycles. The van der Waals surface area contributed by atoms with E-state index in [9.17, 15) is 9.18 Å². The Morgan fingerprint density at radius 1 is 1.27 bits per heavy atom.